The summed E-state index contributed by atoms with van der Waals surface area (Å²) in [6.07, 6.45) is 0.979. The molecule has 102 valence electrons. The first-order chi connectivity index (χ1) is 9.22. The van der Waals surface area contributed by atoms with Gasteiger partial charge in [0.05, 0.1) is 19.8 Å². The van der Waals surface area contributed by atoms with Crippen molar-refractivity contribution in [2.24, 2.45) is 0 Å². The highest BCUT2D eigenvalue weighted by atomic mass is 32.1. The standard InChI is InChI=1S/C13H17N3O2S/c1-4-8-16-12(14-15-13(16)19)9-6-5-7-10(17-2)11(9)18-3/h5-7H,4,8H2,1-3H3,(H,15,19). The van der Waals surface area contributed by atoms with E-state index in [1.54, 1.807) is 14.2 Å². The van der Waals surface area contributed by atoms with Gasteiger partial charge in [-0.1, -0.05) is 13.0 Å². The molecule has 6 heteroatoms. The Morgan fingerprint density at radius 2 is 2.11 bits per heavy atom. The molecule has 1 aromatic carbocycles. The lowest BCUT2D eigenvalue weighted by atomic mass is 10.1. The Kier molecular flexibility index (Phi) is 4.21. The smallest absolute Gasteiger partial charge is 0.195 e. The van der Waals surface area contributed by atoms with Crippen LogP contribution in [0.3, 0.4) is 0 Å². The molecule has 0 saturated carbocycles. The lowest BCUT2D eigenvalue weighted by Gasteiger charge is -2.12. The molecule has 0 atom stereocenters. The van der Waals surface area contributed by atoms with Crippen molar-refractivity contribution in [3.63, 3.8) is 0 Å². The van der Waals surface area contributed by atoms with Gasteiger partial charge in [-0.2, -0.15) is 5.10 Å². The summed E-state index contributed by atoms with van der Waals surface area (Å²) in [4.78, 5) is 0. The quantitative estimate of drug-likeness (QED) is 0.855. The van der Waals surface area contributed by atoms with Crippen LogP contribution in [0.1, 0.15) is 13.3 Å². The Labute approximate surface area is 117 Å². The largest absolute Gasteiger partial charge is 0.493 e. The average Bonchev–Trinajstić information content (AvgIpc) is 2.79. The fraction of sp³-hybridized carbons (Fsp3) is 0.385. The number of benzene rings is 1. The minimum atomic E-state index is 0.613. The van der Waals surface area contributed by atoms with E-state index in [1.165, 1.54) is 0 Å². The lowest BCUT2D eigenvalue weighted by molar-refractivity contribution is 0.356. The van der Waals surface area contributed by atoms with Crippen LogP contribution in [0.5, 0.6) is 11.5 Å². The minimum Gasteiger partial charge on any atom is -0.493 e. The molecule has 0 aliphatic rings. The Hall–Kier alpha value is -1.82. The van der Waals surface area contributed by atoms with Gasteiger partial charge in [0.15, 0.2) is 22.1 Å². The second-order valence-electron chi connectivity index (χ2n) is 4.05. The van der Waals surface area contributed by atoms with Gasteiger partial charge in [0.1, 0.15) is 0 Å². The average molecular weight is 279 g/mol. The van der Waals surface area contributed by atoms with E-state index in [1.807, 2.05) is 22.8 Å². The van der Waals surface area contributed by atoms with Crippen LogP contribution >= 0.6 is 12.2 Å². The molecule has 1 aromatic heterocycles. The van der Waals surface area contributed by atoms with Crippen molar-refractivity contribution in [2.45, 2.75) is 19.9 Å². The Bertz CT molecular complexity index is 619. The third-order valence-corrected chi connectivity index (χ3v) is 3.16. The van der Waals surface area contributed by atoms with E-state index in [0.717, 1.165) is 24.4 Å². The van der Waals surface area contributed by atoms with Gasteiger partial charge in [0, 0.05) is 6.54 Å². The summed E-state index contributed by atoms with van der Waals surface area (Å²) in [5.74, 6) is 2.11. The van der Waals surface area contributed by atoms with Crippen molar-refractivity contribution in [1.82, 2.24) is 14.8 Å². The maximum atomic E-state index is 5.44. The Morgan fingerprint density at radius 1 is 1.32 bits per heavy atom. The molecule has 0 spiro atoms. The zero-order valence-electron chi connectivity index (χ0n) is 11.3. The molecule has 0 radical (unpaired) electrons. The normalized spacial score (nSPS) is 10.5. The third kappa shape index (κ3) is 2.49. The molecular formula is C13H17N3O2S. The highest BCUT2D eigenvalue weighted by molar-refractivity contribution is 7.71. The number of nitrogens with zero attached hydrogens (tertiary/aromatic N) is 2. The zero-order chi connectivity index (χ0) is 13.8. The van der Waals surface area contributed by atoms with Gasteiger partial charge in [0.2, 0.25) is 0 Å². The van der Waals surface area contributed by atoms with Crippen LogP contribution in [0.2, 0.25) is 0 Å². The van der Waals surface area contributed by atoms with Crippen molar-refractivity contribution in [3.05, 3.63) is 23.0 Å². The van der Waals surface area contributed by atoms with Crippen molar-refractivity contribution >= 4 is 12.2 Å². The molecule has 0 fully saturated rings. The molecule has 0 saturated heterocycles. The number of rotatable bonds is 5. The third-order valence-electron chi connectivity index (χ3n) is 2.85. The van der Waals surface area contributed by atoms with E-state index in [2.05, 4.69) is 17.1 Å². The van der Waals surface area contributed by atoms with Crippen LogP contribution in [0.15, 0.2) is 18.2 Å². The number of hydrogen-bond acceptors (Lipinski definition) is 4. The SMILES string of the molecule is CCCn1c(-c2cccc(OC)c2OC)n[nH]c1=S. The van der Waals surface area contributed by atoms with Gasteiger partial charge in [-0.05, 0) is 30.8 Å². The molecule has 0 aliphatic heterocycles. The van der Waals surface area contributed by atoms with E-state index in [0.29, 0.717) is 16.3 Å². The maximum Gasteiger partial charge on any atom is 0.195 e. The summed E-state index contributed by atoms with van der Waals surface area (Å²) < 4.78 is 13.3. The monoisotopic (exact) mass is 279 g/mol. The van der Waals surface area contributed by atoms with Crippen molar-refractivity contribution in [1.29, 1.82) is 0 Å². The van der Waals surface area contributed by atoms with Crippen molar-refractivity contribution < 1.29 is 9.47 Å². The minimum absolute atomic E-state index is 0.613. The number of aromatic amines is 1. The predicted octanol–water partition coefficient (Wildman–Crippen LogP) is 3.03. The number of aromatic nitrogens is 3. The summed E-state index contributed by atoms with van der Waals surface area (Å²) in [6, 6.07) is 5.71. The van der Waals surface area contributed by atoms with E-state index < -0.39 is 0 Å². The molecular weight excluding hydrogens is 262 g/mol. The van der Waals surface area contributed by atoms with E-state index in [9.17, 15) is 0 Å². The van der Waals surface area contributed by atoms with Gasteiger partial charge < -0.3 is 14.0 Å². The number of ether oxygens (including phenoxy) is 2. The molecule has 0 unspecified atom stereocenters. The first-order valence-corrected chi connectivity index (χ1v) is 6.50. The van der Waals surface area contributed by atoms with Gasteiger partial charge in [-0.25, -0.2) is 0 Å². The molecule has 0 aliphatic carbocycles. The summed E-state index contributed by atoms with van der Waals surface area (Å²) >= 11 is 5.25. The number of methoxy groups -OCH3 is 2. The van der Waals surface area contributed by atoms with Crippen LogP contribution < -0.4 is 9.47 Å². The van der Waals surface area contributed by atoms with E-state index in [-0.39, 0.29) is 0 Å². The Balaban J connectivity index is 2.62. The first-order valence-electron chi connectivity index (χ1n) is 6.09. The lowest BCUT2D eigenvalue weighted by Crippen LogP contribution is -2.02. The van der Waals surface area contributed by atoms with Gasteiger partial charge >= 0.3 is 0 Å². The summed E-state index contributed by atoms with van der Waals surface area (Å²) in [6.45, 7) is 2.91. The van der Waals surface area contributed by atoms with Crippen molar-refractivity contribution in [2.75, 3.05) is 14.2 Å². The summed E-state index contributed by atoms with van der Waals surface area (Å²) in [7, 11) is 3.23. The second-order valence-corrected chi connectivity index (χ2v) is 4.43. The molecule has 5 nitrogen and oxygen atoms in total. The zero-order valence-corrected chi connectivity index (χ0v) is 12.1. The molecule has 1 N–H and O–H groups in total. The highest BCUT2D eigenvalue weighted by Gasteiger charge is 2.16. The van der Waals surface area contributed by atoms with Crippen LogP contribution in [0.4, 0.5) is 0 Å². The molecule has 0 bridgehead atoms. The highest BCUT2D eigenvalue weighted by Crippen LogP contribution is 2.36. The van der Waals surface area contributed by atoms with E-state index >= 15 is 0 Å². The van der Waals surface area contributed by atoms with E-state index in [4.69, 9.17) is 21.7 Å². The fourth-order valence-corrected chi connectivity index (χ4v) is 2.24. The number of hydrogen-bond donors (Lipinski definition) is 1. The number of H-pyrrole nitrogens is 1. The fourth-order valence-electron chi connectivity index (χ4n) is 2.02. The van der Waals surface area contributed by atoms with Crippen molar-refractivity contribution in [3.8, 4) is 22.9 Å². The summed E-state index contributed by atoms with van der Waals surface area (Å²) in [5.41, 5.74) is 0.864. The predicted molar refractivity (Wildman–Crippen MR) is 76.2 cm³/mol. The first kappa shape index (κ1) is 13.6. The summed E-state index contributed by atoms with van der Waals surface area (Å²) in [5, 5.41) is 7.13. The Morgan fingerprint density at radius 3 is 2.74 bits per heavy atom. The van der Waals surface area contributed by atoms with Gasteiger partial charge in [-0.15, -0.1) is 0 Å². The molecule has 0 amide bonds. The van der Waals surface area contributed by atoms with Gasteiger partial charge in [-0.3, -0.25) is 5.10 Å². The van der Waals surface area contributed by atoms with Crippen LogP contribution in [-0.2, 0) is 6.54 Å². The number of para-hydroxylation sites is 1. The molecule has 2 aromatic rings. The molecule has 19 heavy (non-hydrogen) atoms. The van der Waals surface area contributed by atoms with Crippen LogP contribution in [0, 0.1) is 4.77 Å². The second kappa shape index (κ2) is 5.88. The number of nitrogens with one attached hydrogen (secondary N) is 1. The van der Waals surface area contributed by atoms with Crippen LogP contribution in [0.25, 0.3) is 11.4 Å². The molecule has 2 rings (SSSR count). The topological polar surface area (TPSA) is 52.1 Å². The van der Waals surface area contributed by atoms with Crippen LogP contribution in [-0.4, -0.2) is 29.0 Å². The molecule has 1 heterocycles. The maximum absolute atomic E-state index is 5.44. The van der Waals surface area contributed by atoms with Gasteiger partial charge in [0.25, 0.3) is 0 Å².